The van der Waals surface area contributed by atoms with Crippen LogP contribution in [0.1, 0.15) is 115 Å². The van der Waals surface area contributed by atoms with Gasteiger partial charge >= 0.3 is 12.1 Å². The molecule has 51 heavy (non-hydrogen) atoms. The number of unbranched alkanes of at least 4 members (excludes halogenated alkanes) is 2. The third-order valence-corrected chi connectivity index (χ3v) is 11.8. The van der Waals surface area contributed by atoms with Gasteiger partial charge in [0.15, 0.2) is 6.61 Å². The largest absolute Gasteiger partial charge is 0.482 e. The number of carbonyl (C=O) groups is 2. The van der Waals surface area contributed by atoms with Crippen LogP contribution in [0.15, 0.2) is 48.5 Å². The minimum Gasteiger partial charge on any atom is -0.482 e. The van der Waals surface area contributed by atoms with Gasteiger partial charge in [-0.05, 0) is 124 Å². The molecule has 2 aromatic carbocycles. The van der Waals surface area contributed by atoms with Gasteiger partial charge in [0, 0.05) is 19.1 Å². The first-order valence-corrected chi connectivity index (χ1v) is 20.3. The topological polar surface area (TPSA) is 88.5 Å². The van der Waals surface area contributed by atoms with Crippen molar-refractivity contribution >= 4 is 12.1 Å². The van der Waals surface area contributed by atoms with Gasteiger partial charge < -0.3 is 29.1 Å². The van der Waals surface area contributed by atoms with E-state index in [0.29, 0.717) is 17.9 Å². The predicted molar refractivity (Wildman–Crippen MR) is 202 cm³/mol. The number of carbonyl (C=O) groups excluding carboxylic acids is 2. The van der Waals surface area contributed by atoms with Crippen LogP contribution in [-0.4, -0.2) is 78.0 Å². The number of nitrogens with zero attached hydrogens (tertiary/aromatic N) is 2. The highest BCUT2D eigenvalue weighted by atomic mass is 16.6. The number of amides is 1. The molecule has 4 unspecified atom stereocenters. The first-order valence-electron chi connectivity index (χ1n) is 20.3. The lowest BCUT2D eigenvalue weighted by molar-refractivity contribution is -0.147. The number of likely N-dealkylation sites (tertiary alicyclic amines) is 2. The number of hydrogen-bond donors (Lipinski definition) is 1. The first-order chi connectivity index (χ1) is 25.0. The number of fused-ring (bicyclic) bond motifs is 2. The molecule has 1 amide bonds. The molecule has 5 atom stereocenters. The van der Waals surface area contributed by atoms with Crippen LogP contribution in [-0.2, 0) is 33.7 Å². The predicted octanol–water partition coefficient (Wildman–Crippen LogP) is 8.36. The smallest absolute Gasteiger partial charge is 0.410 e. The van der Waals surface area contributed by atoms with Gasteiger partial charge in [0.2, 0.25) is 0 Å². The molecule has 2 aliphatic carbocycles. The van der Waals surface area contributed by atoms with Gasteiger partial charge in [-0.25, -0.2) is 9.59 Å². The van der Waals surface area contributed by atoms with Crippen LogP contribution in [0.2, 0.25) is 0 Å². The normalized spacial score (nSPS) is 24.0. The zero-order chi connectivity index (χ0) is 36.0. The van der Waals surface area contributed by atoms with E-state index in [1.807, 2.05) is 61.2 Å². The summed E-state index contributed by atoms with van der Waals surface area (Å²) in [6.45, 7) is 10.3. The molecule has 282 valence electrons. The van der Waals surface area contributed by atoms with Gasteiger partial charge in [-0.1, -0.05) is 82.5 Å². The van der Waals surface area contributed by atoms with Gasteiger partial charge in [0.1, 0.15) is 18.5 Å². The summed E-state index contributed by atoms with van der Waals surface area (Å²) in [4.78, 5) is 30.4. The number of hydrogen-bond acceptors (Lipinski definition) is 7. The van der Waals surface area contributed by atoms with Gasteiger partial charge in [-0.3, -0.25) is 0 Å². The highest BCUT2D eigenvalue weighted by molar-refractivity contribution is 5.71. The minimum atomic E-state index is -0.386. The number of ether oxygens (including phenoxy) is 3. The Kier molecular flexibility index (Phi) is 15.5. The molecule has 0 bridgehead atoms. The summed E-state index contributed by atoms with van der Waals surface area (Å²) in [7, 11) is 0. The molecule has 2 heterocycles. The van der Waals surface area contributed by atoms with Crippen LogP contribution >= 0.6 is 0 Å². The lowest BCUT2D eigenvalue weighted by Crippen LogP contribution is -2.48. The molecule has 2 aromatic rings. The standard InChI is InChI=1S/C41H58N2O6.C2H6/c1-2-3-6-15-34(49-41(46)43-23-19-33(20-24-43)42-21-9-5-10-22-42)17-18-35-36-25-31-14-11-16-39(37(31)26-32(36)27-38(35)44)47-29-40(45)48-28-30-12-7-4-8-13-30;1-2/h4,7-8,11-14,16,32-36,38,44H,2-3,5-6,9-10,15,17-29H2,1H3;1-2H3/t32?,34?,35?,36?,38-;/m1./s1. The molecule has 2 aliphatic heterocycles. The quantitative estimate of drug-likeness (QED) is 0.156. The maximum Gasteiger partial charge on any atom is 0.410 e. The van der Waals surface area contributed by atoms with E-state index in [1.54, 1.807) is 0 Å². The average Bonchev–Trinajstić information content (AvgIpc) is 3.49. The molecule has 8 heteroatoms. The molecule has 6 rings (SSSR count). The second-order valence-corrected chi connectivity index (χ2v) is 15.0. The Hall–Kier alpha value is -3.10. The van der Waals surface area contributed by atoms with Crippen LogP contribution in [0.5, 0.6) is 5.75 Å². The Balaban J connectivity index is 0.00000248. The van der Waals surface area contributed by atoms with Crippen molar-refractivity contribution < 1.29 is 28.9 Å². The molecule has 0 aromatic heterocycles. The van der Waals surface area contributed by atoms with E-state index in [0.717, 1.165) is 101 Å². The van der Waals surface area contributed by atoms with Crippen molar-refractivity contribution in [3.63, 3.8) is 0 Å². The summed E-state index contributed by atoms with van der Waals surface area (Å²) in [5.41, 5.74) is 3.35. The SMILES string of the molecule is CC.CCCCCC(CCC1C2Cc3cccc(OCC(=O)OCc4ccccc4)c3CC2C[C@H]1O)OC(=O)N1CCC(N2CCCCC2)CC1. The highest BCUT2D eigenvalue weighted by Crippen LogP contribution is 2.48. The second-order valence-electron chi connectivity index (χ2n) is 15.0. The Labute approximate surface area is 307 Å². The number of piperidine rings is 2. The summed E-state index contributed by atoms with van der Waals surface area (Å²) in [5.74, 6) is 1.29. The summed E-state index contributed by atoms with van der Waals surface area (Å²) >= 11 is 0. The van der Waals surface area contributed by atoms with Crippen molar-refractivity contribution in [3.05, 3.63) is 65.2 Å². The fourth-order valence-electron chi connectivity index (χ4n) is 9.03. The van der Waals surface area contributed by atoms with E-state index in [4.69, 9.17) is 14.2 Å². The first kappa shape index (κ1) is 39.1. The van der Waals surface area contributed by atoms with E-state index in [2.05, 4.69) is 17.9 Å². The van der Waals surface area contributed by atoms with Crippen molar-refractivity contribution in [1.29, 1.82) is 0 Å². The van der Waals surface area contributed by atoms with Crippen molar-refractivity contribution in [2.45, 2.75) is 136 Å². The fourth-order valence-corrected chi connectivity index (χ4v) is 9.03. The van der Waals surface area contributed by atoms with Gasteiger partial charge in [0.25, 0.3) is 0 Å². The van der Waals surface area contributed by atoms with Crippen molar-refractivity contribution in [2.24, 2.45) is 17.8 Å². The third-order valence-electron chi connectivity index (χ3n) is 11.8. The zero-order valence-corrected chi connectivity index (χ0v) is 31.6. The minimum absolute atomic E-state index is 0.109. The Morgan fingerprint density at radius 1 is 0.902 bits per heavy atom. The van der Waals surface area contributed by atoms with Crippen molar-refractivity contribution in [3.8, 4) is 5.75 Å². The van der Waals surface area contributed by atoms with Crippen LogP contribution in [0.3, 0.4) is 0 Å². The van der Waals surface area contributed by atoms with Crippen molar-refractivity contribution in [1.82, 2.24) is 9.80 Å². The lowest BCUT2D eigenvalue weighted by atomic mass is 9.73. The van der Waals surface area contributed by atoms with Crippen LogP contribution in [0, 0.1) is 17.8 Å². The van der Waals surface area contributed by atoms with Crippen LogP contribution in [0.4, 0.5) is 4.79 Å². The molecule has 3 fully saturated rings. The maximum absolute atomic E-state index is 13.4. The zero-order valence-electron chi connectivity index (χ0n) is 31.6. The van der Waals surface area contributed by atoms with E-state index in [1.165, 1.54) is 37.9 Å². The Morgan fingerprint density at radius 3 is 2.41 bits per heavy atom. The monoisotopic (exact) mass is 704 g/mol. The second kappa shape index (κ2) is 20.2. The average molecular weight is 705 g/mol. The summed E-state index contributed by atoms with van der Waals surface area (Å²) in [6, 6.07) is 16.4. The number of rotatable bonds is 14. The summed E-state index contributed by atoms with van der Waals surface area (Å²) < 4.78 is 17.7. The van der Waals surface area contributed by atoms with Gasteiger partial charge in [-0.2, -0.15) is 0 Å². The fraction of sp³-hybridized carbons (Fsp3) is 0.674. The molecular weight excluding hydrogens is 640 g/mol. The molecular formula is C43H64N2O6. The van der Waals surface area contributed by atoms with E-state index < -0.39 is 0 Å². The van der Waals surface area contributed by atoms with Crippen LogP contribution < -0.4 is 4.74 Å². The Morgan fingerprint density at radius 2 is 1.67 bits per heavy atom. The summed E-state index contributed by atoms with van der Waals surface area (Å²) in [5, 5.41) is 11.3. The molecule has 4 aliphatic rings. The molecule has 0 radical (unpaired) electrons. The van der Waals surface area contributed by atoms with Gasteiger partial charge in [0.05, 0.1) is 6.10 Å². The van der Waals surface area contributed by atoms with E-state index in [-0.39, 0.29) is 43.4 Å². The van der Waals surface area contributed by atoms with E-state index >= 15 is 0 Å². The number of aliphatic hydroxyl groups is 1. The molecule has 2 saturated heterocycles. The third kappa shape index (κ3) is 11.0. The molecule has 8 nitrogen and oxygen atoms in total. The van der Waals surface area contributed by atoms with Crippen molar-refractivity contribution in [2.75, 3.05) is 32.8 Å². The number of benzene rings is 2. The Bertz CT molecular complexity index is 1340. The number of aliphatic hydroxyl groups excluding tert-OH is 1. The van der Waals surface area contributed by atoms with Crippen LogP contribution in [0.25, 0.3) is 0 Å². The lowest BCUT2D eigenvalue weighted by Gasteiger charge is -2.40. The van der Waals surface area contributed by atoms with Gasteiger partial charge in [-0.15, -0.1) is 0 Å². The van der Waals surface area contributed by atoms with E-state index in [9.17, 15) is 14.7 Å². The number of esters is 1. The maximum atomic E-state index is 13.4. The molecule has 1 saturated carbocycles. The molecule has 0 spiro atoms. The summed E-state index contributed by atoms with van der Waals surface area (Å²) in [6.07, 6.45) is 13.8. The highest BCUT2D eigenvalue weighted by Gasteiger charge is 2.45. The molecule has 1 N–H and O–H groups in total.